The summed E-state index contributed by atoms with van der Waals surface area (Å²) in [6.07, 6.45) is 5.78. The summed E-state index contributed by atoms with van der Waals surface area (Å²) in [6, 6.07) is -3.55. The maximum absolute atomic E-state index is 14.2. The number of carbonyl (C=O) groups is 5. The third kappa shape index (κ3) is 7.39. The summed E-state index contributed by atoms with van der Waals surface area (Å²) in [6.45, 7) is 11.5. The van der Waals surface area contributed by atoms with Crippen molar-refractivity contribution in [2.75, 3.05) is 18.1 Å². The number of piperidine rings is 1. The molecule has 0 spiro atoms. The van der Waals surface area contributed by atoms with Crippen LogP contribution in [0.2, 0.25) is 0 Å². The lowest BCUT2D eigenvalue weighted by Gasteiger charge is -2.40. The normalized spacial score (nSPS) is 27.0. The van der Waals surface area contributed by atoms with Gasteiger partial charge >= 0.3 is 6.03 Å². The molecule has 5 atom stereocenters. The number of hydrogen-bond donors (Lipinski definition) is 4. The van der Waals surface area contributed by atoms with E-state index >= 15 is 0 Å². The Bertz CT molecular complexity index is 1280. The van der Waals surface area contributed by atoms with Crippen molar-refractivity contribution in [2.45, 2.75) is 117 Å². The maximum atomic E-state index is 14.2. The van der Waals surface area contributed by atoms with Crippen LogP contribution in [0.1, 0.15) is 92.9 Å². The van der Waals surface area contributed by atoms with Gasteiger partial charge in [-0.1, -0.05) is 73.6 Å². The van der Waals surface area contributed by atoms with Gasteiger partial charge < -0.3 is 26.6 Å². The average Bonchev–Trinajstić information content (AvgIpc) is 3.77. The molecule has 0 radical (unpaired) electrons. The number of hydrogen-bond acceptors (Lipinski definition) is 7. The minimum Gasteiger partial charge on any atom is -0.363 e. The van der Waals surface area contributed by atoms with Crippen LogP contribution >= 0.6 is 0 Å². The molecule has 2 unspecified atom stereocenters. The van der Waals surface area contributed by atoms with Gasteiger partial charge in [0, 0.05) is 12.3 Å². The van der Waals surface area contributed by atoms with Crippen molar-refractivity contribution in [2.24, 2.45) is 34.3 Å². The summed E-state index contributed by atoms with van der Waals surface area (Å²) in [5.74, 6) is -2.89. The molecule has 0 bridgehead atoms. The van der Waals surface area contributed by atoms with Crippen LogP contribution in [-0.4, -0.2) is 84.6 Å². The number of primary amides is 1. The fourth-order valence-corrected chi connectivity index (χ4v) is 8.85. The predicted octanol–water partition coefficient (Wildman–Crippen LogP) is 1.66. The van der Waals surface area contributed by atoms with Crippen LogP contribution in [0.4, 0.5) is 4.79 Å². The zero-order valence-corrected chi connectivity index (χ0v) is 27.8. The maximum Gasteiger partial charge on any atom is 0.315 e. The van der Waals surface area contributed by atoms with E-state index in [1.165, 1.54) is 4.90 Å². The number of nitrogens with two attached hydrogens (primary N) is 1. The zero-order valence-electron chi connectivity index (χ0n) is 27.0. The topological polar surface area (TPSA) is 185 Å². The molecule has 3 aliphatic carbocycles. The molecule has 248 valence electrons. The molecule has 1 heterocycles. The minimum atomic E-state index is -3.38. The number of fused-ring (bicyclic) bond motifs is 1. The van der Waals surface area contributed by atoms with E-state index in [4.69, 9.17) is 5.73 Å². The first-order chi connectivity index (χ1) is 20.3. The Morgan fingerprint density at radius 1 is 1.00 bits per heavy atom. The standard InChI is InChI=1S/C31H51N5O7S/c1-7-44(42,43)17-31(13-9-8-10-14-31)35-28(41)34-24(29(2,3)4)27(40)36-16-19-21(30(19,5)6)22(36)26(39)33-20(15-18-11-12-18)23(37)25(32)38/h18-22,24H,7-17H2,1-6H3,(H2,32,38)(H,33,39)(H2,34,35,41)/t19-,20?,21?,22-,24+/m0/s1. The third-order valence-corrected chi connectivity index (χ3v) is 12.3. The van der Waals surface area contributed by atoms with E-state index in [2.05, 4.69) is 16.0 Å². The van der Waals surface area contributed by atoms with E-state index in [-0.39, 0.29) is 34.7 Å². The van der Waals surface area contributed by atoms with Gasteiger partial charge in [-0.3, -0.25) is 19.2 Å². The van der Waals surface area contributed by atoms with E-state index in [9.17, 15) is 32.4 Å². The van der Waals surface area contributed by atoms with Gasteiger partial charge in [0.1, 0.15) is 12.1 Å². The van der Waals surface area contributed by atoms with Crippen LogP contribution in [0.5, 0.6) is 0 Å². The Hall–Kier alpha value is -2.70. The molecule has 0 aromatic rings. The first-order valence-electron chi connectivity index (χ1n) is 16.1. The first-order valence-corrected chi connectivity index (χ1v) is 17.9. The molecule has 0 aromatic heterocycles. The Kier molecular flexibility index (Phi) is 9.51. The van der Waals surface area contributed by atoms with E-state index in [0.29, 0.717) is 25.8 Å². The molecule has 4 aliphatic rings. The second-order valence-electron chi connectivity index (χ2n) is 15.3. The highest BCUT2D eigenvalue weighted by Crippen LogP contribution is 2.65. The highest BCUT2D eigenvalue weighted by molar-refractivity contribution is 7.91. The van der Waals surface area contributed by atoms with Crippen LogP contribution in [0, 0.1) is 28.6 Å². The minimum absolute atomic E-state index is 0.0230. The summed E-state index contributed by atoms with van der Waals surface area (Å²) in [7, 11) is -3.38. The lowest BCUT2D eigenvalue weighted by atomic mass is 9.83. The van der Waals surface area contributed by atoms with Gasteiger partial charge in [-0.2, -0.15) is 0 Å². The molecule has 1 saturated heterocycles. The monoisotopic (exact) mass is 637 g/mol. The van der Waals surface area contributed by atoms with Gasteiger partial charge in [0.15, 0.2) is 9.84 Å². The van der Waals surface area contributed by atoms with E-state index in [1.54, 1.807) is 6.92 Å². The van der Waals surface area contributed by atoms with Crippen LogP contribution in [-0.2, 0) is 29.0 Å². The molecule has 5 amide bonds. The molecule has 1 aliphatic heterocycles. The quantitative estimate of drug-likeness (QED) is 0.234. The van der Waals surface area contributed by atoms with Crippen LogP contribution < -0.4 is 21.7 Å². The lowest BCUT2D eigenvalue weighted by Crippen LogP contribution is -2.64. The number of sulfone groups is 1. The molecule has 3 saturated carbocycles. The van der Waals surface area contributed by atoms with Crippen molar-refractivity contribution >= 4 is 39.4 Å². The predicted molar refractivity (Wildman–Crippen MR) is 165 cm³/mol. The summed E-state index contributed by atoms with van der Waals surface area (Å²) in [5.41, 5.74) is 3.43. The van der Waals surface area contributed by atoms with Crippen molar-refractivity contribution in [3.8, 4) is 0 Å². The average molecular weight is 638 g/mol. The lowest BCUT2D eigenvalue weighted by molar-refractivity contribution is -0.145. The van der Waals surface area contributed by atoms with Gasteiger partial charge in [-0.05, 0) is 47.8 Å². The van der Waals surface area contributed by atoms with Gasteiger partial charge in [-0.25, -0.2) is 13.2 Å². The Morgan fingerprint density at radius 2 is 1.61 bits per heavy atom. The van der Waals surface area contributed by atoms with Crippen LogP contribution in [0.15, 0.2) is 0 Å². The molecule has 0 aromatic carbocycles. The molecular formula is C31H51N5O7S. The van der Waals surface area contributed by atoms with Gasteiger partial charge in [0.25, 0.3) is 5.91 Å². The number of ketones is 1. The van der Waals surface area contributed by atoms with Crippen molar-refractivity contribution in [1.29, 1.82) is 0 Å². The number of urea groups is 1. The molecule has 44 heavy (non-hydrogen) atoms. The Morgan fingerprint density at radius 3 is 2.14 bits per heavy atom. The smallest absolute Gasteiger partial charge is 0.315 e. The second-order valence-corrected chi connectivity index (χ2v) is 17.6. The van der Waals surface area contributed by atoms with E-state index < -0.39 is 68.5 Å². The largest absolute Gasteiger partial charge is 0.363 e. The number of amides is 5. The second kappa shape index (κ2) is 12.2. The Balaban J connectivity index is 1.54. The molecule has 4 rings (SSSR count). The number of carbonyl (C=O) groups excluding carboxylic acids is 5. The molecular weight excluding hydrogens is 586 g/mol. The SMILES string of the molecule is CCS(=O)(=O)CC1(NC(=O)N[C@H](C(=O)N2C[C@H]3C([C@H]2C(=O)NC(CC2CC2)C(=O)C(N)=O)C3(C)C)C(C)(C)C)CCCCC1. The molecule has 5 N–H and O–H groups in total. The van der Waals surface area contributed by atoms with E-state index in [1.807, 2.05) is 34.6 Å². The molecule has 13 heteroatoms. The summed E-state index contributed by atoms with van der Waals surface area (Å²) < 4.78 is 25.2. The number of rotatable bonds is 12. The van der Waals surface area contributed by atoms with Gasteiger partial charge in [-0.15, -0.1) is 0 Å². The van der Waals surface area contributed by atoms with Crippen molar-refractivity contribution in [3.63, 3.8) is 0 Å². The molecule has 12 nitrogen and oxygen atoms in total. The number of likely N-dealkylation sites (tertiary alicyclic amines) is 1. The summed E-state index contributed by atoms with van der Waals surface area (Å²) in [5, 5.41) is 8.55. The van der Waals surface area contributed by atoms with Crippen molar-refractivity contribution < 1.29 is 32.4 Å². The van der Waals surface area contributed by atoms with E-state index in [0.717, 1.165) is 32.1 Å². The first kappa shape index (κ1) is 34.2. The number of nitrogens with one attached hydrogen (secondary N) is 3. The molecule has 4 fully saturated rings. The van der Waals surface area contributed by atoms with Crippen molar-refractivity contribution in [1.82, 2.24) is 20.9 Å². The van der Waals surface area contributed by atoms with Crippen LogP contribution in [0.25, 0.3) is 0 Å². The number of nitrogens with zero attached hydrogens (tertiary/aromatic N) is 1. The fourth-order valence-electron chi connectivity index (χ4n) is 7.44. The Labute approximate surface area is 261 Å². The zero-order chi connectivity index (χ0) is 32.8. The van der Waals surface area contributed by atoms with Crippen LogP contribution in [0.3, 0.4) is 0 Å². The summed E-state index contributed by atoms with van der Waals surface area (Å²) in [4.78, 5) is 67.4. The fraction of sp³-hybridized carbons (Fsp3) is 0.839. The van der Waals surface area contributed by atoms with Gasteiger partial charge in [0.2, 0.25) is 17.6 Å². The van der Waals surface area contributed by atoms with Crippen molar-refractivity contribution in [3.05, 3.63) is 0 Å². The number of Topliss-reactive ketones (excluding diaryl/α,β-unsaturated/α-hetero) is 1. The van der Waals surface area contributed by atoms with Gasteiger partial charge in [0.05, 0.1) is 17.3 Å². The highest BCUT2D eigenvalue weighted by Gasteiger charge is 2.70. The highest BCUT2D eigenvalue weighted by atomic mass is 32.2. The third-order valence-electron chi connectivity index (χ3n) is 10.4. The summed E-state index contributed by atoms with van der Waals surface area (Å²) >= 11 is 0.